The number of nitrogens with zero attached hydrogens (tertiary/aromatic N) is 2. The largest absolute Gasteiger partial charge is 0.360 e. The number of hydrogen-bond acceptors (Lipinski definition) is 5. The van der Waals surface area contributed by atoms with E-state index in [0.29, 0.717) is 11.3 Å². The third kappa shape index (κ3) is 4.43. The summed E-state index contributed by atoms with van der Waals surface area (Å²) in [4.78, 5) is 0. The van der Waals surface area contributed by atoms with Crippen molar-refractivity contribution in [2.24, 2.45) is 0 Å². The minimum atomic E-state index is -0.198. The average Bonchev–Trinajstić information content (AvgIpc) is 2.83. The van der Waals surface area contributed by atoms with Gasteiger partial charge in [0, 0.05) is 16.8 Å². The Morgan fingerprint density at radius 2 is 2.26 bits per heavy atom. The van der Waals surface area contributed by atoms with Gasteiger partial charge in [-0.15, -0.1) is 10.2 Å². The maximum atomic E-state index is 13.6. The first-order chi connectivity index (χ1) is 9.19. The number of aromatic nitrogens is 2. The molecule has 1 N–H and O–H groups in total. The van der Waals surface area contributed by atoms with Gasteiger partial charge in [0.25, 0.3) is 0 Å². The smallest absolute Gasteiger partial charge is 0.206 e. The summed E-state index contributed by atoms with van der Waals surface area (Å²) < 4.78 is 15.2. The second-order valence-corrected chi connectivity index (χ2v) is 6.94. The summed E-state index contributed by atoms with van der Waals surface area (Å²) in [5, 5.41) is 12.1. The SMILES string of the molecule is CCCNc1nnc(SCc2ccc(Br)cc2F)s1. The quantitative estimate of drug-likeness (QED) is 0.765. The van der Waals surface area contributed by atoms with Crippen LogP contribution in [0, 0.1) is 5.82 Å². The van der Waals surface area contributed by atoms with Crippen molar-refractivity contribution in [1.82, 2.24) is 10.2 Å². The first-order valence-electron chi connectivity index (χ1n) is 5.83. The van der Waals surface area contributed by atoms with Crippen LogP contribution in [0.1, 0.15) is 18.9 Å². The van der Waals surface area contributed by atoms with Gasteiger partial charge in [-0.1, -0.05) is 52.0 Å². The van der Waals surface area contributed by atoms with Gasteiger partial charge in [0.2, 0.25) is 5.13 Å². The van der Waals surface area contributed by atoms with E-state index in [1.807, 2.05) is 6.07 Å². The summed E-state index contributed by atoms with van der Waals surface area (Å²) in [7, 11) is 0. The zero-order valence-electron chi connectivity index (χ0n) is 10.3. The summed E-state index contributed by atoms with van der Waals surface area (Å²) in [6.07, 6.45) is 1.05. The number of halogens is 2. The molecule has 102 valence electrons. The van der Waals surface area contributed by atoms with Gasteiger partial charge in [0.1, 0.15) is 5.82 Å². The lowest BCUT2D eigenvalue weighted by atomic mass is 10.2. The maximum Gasteiger partial charge on any atom is 0.206 e. The van der Waals surface area contributed by atoms with Crippen LogP contribution >= 0.6 is 39.0 Å². The Morgan fingerprint density at radius 3 is 3.00 bits per heavy atom. The van der Waals surface area contributed by atoms with Crippen molar-refractivity contribution in [2.45, 2.75) is 23.4 Å². The van der Waals surface area contributed by atoms with Crippen molar-refractivity contribution < 1.29 is 4.39 Å². The number of thioether (sulfide) groups is 1. The Balaban J connectivity index is 1.92. The Hall–Kier alpha value is -0.660. The highest BCUT2D eigenvalue weighted by atomic mass is 79.9. The Bertz CT molecular complexity index is 548. The maximum absolute atomic E-state index is 13.6. The van der Waals surface area contributed by atoms with Gasteiger partial charge in [-0.3, -0.25) is 0 Å². The van der Waals surface area contributed by atoms with E-state index < -0.39 is 0 Å². The zero-order chi connectivity index (χ0) is 13.7. The van der Waals surface area contributed by atoms with Crippen LogP contribution in [0.25, 0.3) is 0 Å². The van der Waals surface area contributed by atoms with Gasteiger partial charge in [-0.05, 0) is 24.1 Å². The standard InChI is InChI=1S/C12H13BrFN3S2/c1-2-5-15-11-16-17-12(19-11)18-7-8-3-4-9(13)6-10(8)14/h3-4,6H,2,5,7H2,1H3,(H,15,16). The molecule has 2 rings (SSSR count). The molecule has 0 aliphatic carbocycles. The third-order valence-electron chi connectivity index (χ3n) is 2.30. The second kappa shape index (κ2) is 7.21. The molecule has 0 bridgehead atoms. The molecular formula is C12H13BrFN3S2. The molecule has 0 unspecified atom stereocenters. The van der Waals surface area contributed by atoms with Crippen LogP contribution in [0.2, 0.25) is 0 Å². The molecule has 0 saturated heterocycles. The van der Waals surface area contributed by atoms with Gasteiger partial charge in [-0.2, -0.15) is 0 Å². The van der Waals surface area contributed by atoms with Crippen molar-refractivity contribution in [2.75, 3.05) is 11.9 Å². The number of anilines is 1. The van der Waals surface area contributed by atoms with E-state index in [1.54, 1.807) is 6.07 Å². The molecule has 0 radical (unpaired) electrons. The summed E-state index contributed by atoms with van der Waals surface area (Å²) >= 11 is 6.24. The predicted molar refractivity (Wildman–Crippen MR) is 82.4 cm³/mol. The Morgan fingerprint density at radius 1 is 1.42 bits per heavy atom. The minimum Gasteiger partial charge on any atom is -0.360 e. The van der Waals surface area contributed by atoms with Crippen LogP contribution in [0.4, 0.5) is 9.52 Å². The molecule has 1 aromatic heterocycles. The lowest BCUT2D eigenvalue weighted by molar-refractivity contribution is 0.616. The summed E-state index contributed by atoms with van der Waals surface area (Å²) in [5.74, 6) is 0.359. The van der Waals surface area contributed by atoms with E-state index in [0.717, 1.165) is 26.9 Å². The molecule has 1 heterocycles. The van der Waals surface area contributed by atoms with Gasteiger partial charge in [-0.25, -0.2) is 4.39 Å². The molecule has 2 aromatic rings. The average molecular weight is 362 g/mol. The first-order valence-corrected chi connectivity index (χ1v) is 8.42. The normalized spacial score (nSPS) is 10.7. The Kier molecular flexibility index (Phi) is 5.59. The molecule has 0 fully saturated rings. The molecule has 19 heavy (non-hydrogen) atoms. The van der Waals surface area contributed by atoms with Crippen LogP contribution in [0.5, 0.6) is 0 Å². The molecule has 0 aliphatic rings. The highest BCUT2D eigenvalue weighted by Crippen LogP contribution is 2.29. The topological polar surface area (TPSA) is 37.8 Å². The molecule has 3 nitrogen and oxygen atoms in total. The van der Waals surface area contributed by atoms with E-state index >= 15 is 0 Å². The Labute approximate surface area is 128 Å². The minimum absolute atomic E-state index is 0.198. The summed E-state index contributed by atoms with van der Waals surface area (Å²) in [5.41, 5.74) is 0.673. The van der Waals surface area contributed by atoms with Crippen LogP contribution in [-0.2, 0) is 5.75 Å². The lowest BCUT2D eigenvalue weighted by Crippen LogP contribution is -1.98. The van der Waals surface area contributed by atoms with Crippen LogP contribution in [-0.4, -0.2) is 16.7 Å². The molecule has 7 heteroatoms. The molecule has 0 spiro atoms. The van der Waals surface area contributed by atoms with Gasteiger partial charge in [0.15, 0.2) is 4.34 Å². The van der Waals surface area contributed by atoms with E-state index in [9.17, 15) is 4.39 Å². The van der Waals surface area contributed by atoms with Crippen LogP contribution < -0.4 is 5.32 Å². The molecule has 0 atom stereocenters. The number of benzene rings is 1. The number of rotatable bonds is 6. The van der Waals surface area contributed by atoms with Crippen molar-refractivity contribution in [3.8, 4) is 0 Å². The van der Waals surface area contributed by atoms with Crippen molar-refractivity contribution in [3.63, 3.8) is 0 Å². The number of hydrogen-bond donors (Lipinski definition) is 1. The van der Waals surface area contributed by atoms with E-state index in [1.165, 1.54) is 29.2 Å². The molecule has 0 amide bonds. The van der Waals surface area contributed by atoms with Crippen LogP contribution in [0.15, 0.2) is 27.0 Å². The second-order valence-electron chi connectivity index (χ2n) is 3.82. The summed E-state index contributed by atoms with van der Waals surface area (Å²) in [6, 6.07) is 5.10. The molecule has 1 aromatic carbocycles. The molecule has 0 saturated carbocycles. The van der Waals surface area contributed by atoms with Crippen LogP contribution in [0.3, 0.4) is 0 Å². The first kappa shape index (κ1) is 14.7. The molecular weight excluding hydrogens is 349 g/mol. The fraction of sp³-hybridized carbons (Fsp3) is 0.333. The fourth-order valence-corrected chi connectivity index (χ4v) is 3.45. The lowest BCUT2D eigenvalue weighted by Gasteiger charge is -2.01. The molecule has 0 aliphatic heterocycles. The van der Waals surface area contributed by atoms with Gasteiger partial charge < -0.3 is 5.32 Å². The van der Waals surface area contributed by atoms with Crippen molar-refractivity contribution in [3.05, 3.63) is 34.1 Å². The van der Waals surface area contributed by atoms with Gasteiger partial charge in [0.05, 0.1) is 0 Å². The third-order valence-corrected chi connectivity index (χ3v) is 4.86. The zero-order valence-corrected chi connectivity index (χ0v) is 13.5. The number of nitrogens with one attached hydrogen (secondary N) is 1. The van der Waals surface area contributed by atoms with Crippen molar-refractivity contribution in [1.29, 1.82) is 0 Å². The van der Waals surface area contributed by atoms with E-state index in [-0.39, 0.29) is 5.82 Å². The fourth-order valence-electron chi connectivity index (χ4n) is 1.35. The van der Waals surface area contributed by atoms with E-state index in [4.69, 9.17) is 0 Å². The predicted octanol–water partition coefficient (Wildman–Crippen LogP) is 4.55. The van der Waals surface area contributed by atoms with Gasteiger partial charge >= 0.3 is 0 Å². The highest BCUT2D eigenvalue weighted by Gasteiger charge is 2.07. The highest BCUT2D eigenvalue weighted by molar-refractivity contribution is 9.10. The summed E-state index contributed by atoms with van der Waals surface area (Å²) in [6.45, 7) is 2.99. The van der Waals surface area contributed by atoms with Crippen molar-refractivity contribution >= 4 is 44.2 Å². The monoisotopic (exact) mass is 361 g/mol. The van der Waals surface area contributed by atoms with E-state index in [2.05, 4.69) is 38.4 Å².